The van der Waals surface area contributed by atoms with Crippen LogP contribution < -0.4 is 5.32 Å². The Morgan fingerprint density at radius 3 is 2.62 bits per heavy atom. The smallest absolute Gasteiger partial charge is 0.291 e. The van der Waals surface area contributed by atoms with E-state index in [0.717, 1.165) is 42.4 Å². The Kier molecular flexibility index (Phi) is 6.60. The van der Waals surface area contributed by atoms with Gasteiger partial charge in [0.2, 0.25) is 5.91 Å². The Bertz CT molecular complexity index is 1190. The number of carbonyl (C=O) groups excluding carboxylic acids is 2. The highest BCUT2D eigenvalue weighted by atomic mass is 32.2. The number of hydrogen-bond acceptors (Lipinski definition) is 5. The maximum atomic E-state index is 12.4. The molecule has 0 aromatic heterocycles. The number of anilines is 1. The molecule has 7 nitrogen and oxygen atoms in total. The Hall–Kier alpha value is -3.13. The van der Waals surface area contributed by atoms with Gasteiger partial charge in [0.05, 0.1) is 16.7 Å². The van der Waals surface area contributed by atoms with E-state index in [9.17, 15) is 18.0 Å². The van der Waals surface area contributed by atoms with E-state index in [4.69, 9.17) is 0 Å². The maximum absolute atomic E-state index is 12.4. The minimum Gasteiger partial charge on any atom is -0.326 e. The van der Waals surface area contributed by atoms with E-state index in [-0.39, 0.29) is 34.9 Å². The molecular formula is C24H25N3O4S. The first-order valence-corrected chi connectivity index (χ1v) is 12.4. The summed E-state index contributed by atoms with van der Waals surface area (Å²) in [5, 5.41) is 10.8. The van der Waals surface area contributed by atoms with Gasteiger partial charge in [0.15, 0.2) is 9.84 Å². The fraction of sp³-hybridized carbons (Fsp3) is 0.333. The van der Waals surface area contributed by atoms with Crippen LogP contribution in [0.1, 0.15) is 37.7 Å². The second-order valence-corrected chi connectivity index (χ2v) is 10.2. The van der Waals surface area contributed by atoms with Gasteiger partial charge in [0.25, 0.3) is 5.91 Å². The van der Waals surface area contributed by atoms with Crippen LogP contribution in [-0.2, 0) is 25.8 Å². The number of rotatable bonds is 7. The third-order valence-electron chi connectivity index (χ3n) is 5.80. The number of hydrogen-bond donors (Lipinski definition) is 1. The van der Waals surface area contributed by atoms with Gasteiger partial charge < -0.3 is 5.32 Å². The molecule has 0 radical (unpaired) electrons. The minimum atomic E-state index is -3.51. The molecule has 0 saturated carbocycles. The van der Waals surface area contributed by atoms with Gasteiger partial charge in [0.1, 0.15) is 0 Å². The summed E-state index contributed by atoms with van der Waals surface area (Å²) >= 11 is 0. The minimum absolute atomic E-state index is 0.128. The van der Waals surface area contributed by atoms with Crippen LogP contribution in [0.3, 0.4) is 0 Å². The zero-order valence-electron chi connectivity index (χ0n) is 17.7. The third kappa shape index (κ3) is 5.19. The molecule has 0 saturated heterocycles. The van der Waals surface area contributed by atoms with Crippen LogP contribution in [0.15, 0.2) is 80.9 Å². The standard InChI is InChI=1S/C24H25N3O4S/c28-23(13-14-32(30,31)19-9-2-1-3-10-19)25-18-8-6-7-17(15-18)16-22-20-11-4-5-12-21(20)24(29)27-26-22/h1-3,6-10,15,22H,4-5,11-14,16H2,(H,25,28). The van der Waals surface area contributed by atoms with Crippen LogP contribution in [-0.4, -0.2) is 32.0 Å². The van der Waals surface area contributed by atoms with Gasteiger partial charge in [-0.2, -0.15) is 5.11 Å². The summed E-state index contributed by atoms with van der Waals surface area (Å²) in [4.78, 5) is 24.6. The highest BCUT2D eigenvalue weighted by Gasteiger charge is 2.28. The fourth-order valence-electron chi connectivity index (χ4n) is 4.15. The quantitative estimate of drug-likeness (QED) is 0.679. The SMILES string of the molecule is O=C(CCS(=O)(=O)c1ccccc1)Nc1cccc(CC2N=NC(=O)C3=C2CCCC3)c1. The summed E-state index contributed by atoms with van der Waals surface area (Å²) in [5.74, 6) is -0.819. The van der Waals surface area contributed by atoms with Gasteiger partial charge in [-0.15, -0.1) is 5.11 Å². The van der Waals surface area contributed by atoms with Crippen molar-refractivity contribution < 1.29 is 18.0 Å². The van der Waals surface area contributed by atoms with E-state index in [0.29, 0.717) is 12.1 Å². The lowest BCUT2D eigenvalue weighted by Gasteiger charge is -2.25. The molecule has 0 spiro atoms. The van der Waals surface area contributed by atoms with Gasteiger partial charge in [-0.3, -0.25) is 9.59 Å². The van der Waals surface area contributed by atoms with Crippen LogP contribution in [0.2, 0.25) is 0 Å². The molecular weight excluding hydrogens is 426 g/mol. The van der Waals surface area contributed by atoms with Crippen molar-refractivity contribution in [2.24, 2.45) is 10.2 Å². The third-order valence-corrected chi connectivity index (χ3v) is 7.53. The summed E-state index contributed by atoms with van der Waals surface area (Å²) in [7, 11) is -3.51. The van der Waals surface area contributed by atoms with E-state index in [2.05, 4.69) is 15.5 Å². The van der Waals surface area contributed by atoms with Crippen molar-refractivity contribution in [2.75, 3.05) is 11.1 Å². The second kappa shape index (κ2) is 9.56. The van der Waals surface area contributed by atoms with Gasteiger partial charge in [-0.05, 0) is 61.1 Å². The van der Waals surface area contributed by atoms with E-state index >= 15 is 0 Å². The van der Waals surface area contributed by atoms with Crippen molar-refractivity contribution in [2.45, 2.75) is 49.5 Å². The summed E-state index contributed by atoms with van der Waals surface area (Å²) in [5.41, 5.74) is 3.49. The highest BCUT2D eigenvalue weighted by molar-refractivity contribution is 7.91. The Morgan fingerprint density at radius 2 is 1.81 bits per heavy atom. The monoisotopic (exact) mass is 451 g/mol. The van der Waals surface area contributed by atoms with Crippen LogP contribution >= 0.6 is 0 Å². The van der Waals surface area contributed by atoms with Crippen molar-refractivity contribution in [3.63, 3.8) is 0 Å². The Morgan fingerprint density at radius 1 is 1.03 bits per heavy atom. The highest BCUT2D eigenvalue weighted by Crippen LogP contribution is 2.33. The van der Waals surface area contributed by atoms with E-state index in [1.807, 2.05) is 18.2 Å². The average molecular weight is 452 g/mol. The van der Waals surface area contributed by atoms with Crippen LogP contribution in [0, 0.1) is 0 Å². The molecule has 1 aliphatic carbocycles. The summed E-state index contributed by atoms with van der Waals surface area (Å²) in [6.07, 6.45) is 4.18. The topological polar surface area (TPSA) is 105 Å². The van der Waals surface area contributed by atoms with Gasteiger partial charge in [0, 0.05) is 24.1 Å². The molecule has 1 unspecified atom stereocenters. The van der Waals surface area contributed by atoms with Crippen molar-refractivity contribution in [1.82, 2.24) is 0 Å². The fourth-order valence-corrected chi connectivity index (χ4v) is 5.41. The van der Waals surface area contributed by atoms with E-state index in [1.54, 1.807) is 24.3 Å². The number of azo groups is 1. The molecule has 0 bridgehead atoms. The zero-order chi connectivity index (χ0) is 22.6. The van der Waals surface area contributed by atoms with Gasteiger partial charge in [-0.25, -0.2) is 8.42 Å². The van der Waals surface area contributed by atoms with Gasteiger partial charge >= 0.3 is 0 Å². The van der Waals surface area contributed by atoms with E-state index in [1.165, 1.54) is 12.1 Å². The van der Waals surface area contributed by atoms with E-state index < -0.39 is 9.84 Å². The molecule has 1 atom stereocenters. The maximum Gasteiger partial charge on any atom is 0.291 e. The molecule has 0 fully saturated rings. The zero-order valence-corrected chi connectivity index (χ0v) is 18.5. The molecule has 2 aromatic carbocycles. The number of nitrogens with one attached hydrogen (secondary N) is 1. The molecule has 2 aromatic rings. The number of benzene rings is 2. The van der Waals surface area contributed by atoms with Crippen LogP contribution in [0.5, 0.6) is 0 Å². The lowest BCUT2D eigenvalue weighted by molar-refractivity contribution is -0.116. The Labute approximate surface area is 187 Å². The summed E-state index contributed by atoms with van der Waals surface area (Å²) in [6.45, 7) is 0. The van der Waals surface area contributed by atoms with Crippen molar-refractivity contribution in [3.8, 4) is 0 Å². The molecule has 1 N–H and O–H groups in total. The Balaban J connectivity index is 1.38. The van der Waals surface area contributed by atoms with Crippen LogP contribution in [0.4, 0.5) is 5.69 Å². The largest absolute Gasteiger partial charge is 0.326 e. The van der Waals surface area contributed by atoms with Crippen molar-refractivity contribution in [1.29, 1.82) is 0 Å². The predicted octanol–water partition coefficient (Wildman–Crippen LogP) is 4.26. The number of sulfone groups is 1. The molecule has 2 amide bonds. The van der Waals surface area contributed by atoms with Crippen molar-refractivity contribution in [3.05, 3.63) is 71.3 Å². The molecule has 4 rings (SSSR count). The van der Waals surface area contributed by atoms with Gasteiger partial charge in [-0.1, -0.05) is 30.3 Å². The van der Waals surface area contributed by atoms with Crippen LogP contribution in [0.25, 0.3) is 0 Å². The summed E-state index contributed by atoms with van der Waals surface area (Å²) < 4.78 is 24.8. The van der Waals surface area contributed by atoms with Crippen molar-refractivity contribution >= 4 is 27.3 Å². The lowest BCUT2D eigenvalue weighted by atomic mass is 9.84. The lowest BCUT2D eigenvalue weighted by Crippen LogP contribution is -2.23. The first kappa shape index (κ1) is 22.1. The molecule has 8 heteroatoms. The molecule has 32 heavy (non-hydrogen) atoms. The normalized spacial score (nSPS) is 18.4. The second-order valence-electron chi connectivity index (χ2n) is 8.08. The number of carbonyl (C=O) groups is 2. The summed E-state index contributed by atoms with van der Waals surface area (Å²) in [6, 6.07) is 15.4. The average Bonchev–Trinajstić information content (AvgIpc) is 2.81. The predicted molar refractivity (Wildman–Crippen MR) is 121 cm³/mol. The number of nitrogens with zero attached hydrogens (tertiary/aromatic N) is 2. The molecule has 1 heterocycles. The first-order chi connectivity index (χ1) is 15.4. The first-order valence-electron chi connectivity index (χ1n) is 10.8. The molecule has 2 aliphatic rings. The molecule has 166 valence electrons. The number of amides is 2. The molecule has 1 aliphatic heterocycles.